The zero-order valence-electron chi connectivity index (χ0n) is 18.3. The Labute approximate surface area is 191 Å². The first-order chi connectivity index (χ1) is 15.8. The van der Waals surface area contributed by atoms with E-state index in [2.05, 4.69) is 10.1 Å². The number of nitrogens with one attached hydrogen (secondary N) is 1. The first kappa shape index (κ1) is 24.7. The second kappa shape index (κ2) is 10.8. The van der Waals surface area contributed by atoms with E-state index >= 15 is 0 Å². The van der Waals surface area contributed by atoms with Crippen LogP contribution in [-0.4, -0.2) is 51.5 Å². The molecule has 11 heteroatoms. The second-order valence-corrected chi connectivity index (χ2v) is 9.04. The van der Waals surface area contributed by atoms with Crippen molar-refractivity contribution in [2.24, 2.45) is 0 Å². The largest absolute Gasteiger partial charge is 0.492 e. The number of benzene rings is 2. The van der Waals surface area contributed by atoms with Gasteiger partial charge in [0.15, 0.2) is 11.5 Å². The summed E-state index contributed by atoms with van der Waals surface area (Å²) in [7, 11) is -3.80. The van der Waals surface area contributed by atoms with Gasteiger partial charge in [-0.3, -0.25) is 4.79 Å². The summed E-state index contributed by atoms with van der Waals surface area (Å²) < 4.78 is 68.1. The minimum Gasteiger partial charge on any atom is -0.492 e. The molecule has 1 N–H and O–H groups in total. The SMILES string of the molecule is CCOc1cc(C(=O)Nc2ccc(OCC)c(S(=O)(=O)N3CCCC3)c2)ccc1OC(F)F. The van der Waals surface area contributed by atoms with E-state index in [0.717, 1.165) is 12.8 Å². The van der Waals surface area contributed by atoms with Crippen LogP contribution in [0.25, 0.3) is 0 Å². The lowest BCUT2D eigenvalue weighted by molar-refractivity contribution is -0.0514. The number of halogens is 2. The molecule has 3 rings (SSSR count). The first-order valence-corrected chi connectivity index (χ1v) is 12.0. The Bertz CT molecular complexity index is 1090. The molecule has 8 nitrogen and oxygen atoms in total. The van der Waals surface area contributed by atoms with Gasteiger partial charge in [0.2, 0.25) is 10.0 Å². The van der Waals surface area contributed by atoms with E-state index < -0.39 is 22.5 Å². The highest BCUT2D eigenvalue weighted by molar-refractivity contribution is 7.89. The molecule has 0 bridgehead atoms. The number of hydrogen-bond donors (Lipinski definition) is 1. The van der Waals surface area contributed by atoms with Gasteiger partial charge in [-0.1, -0.05) is 0 Å². The maximum Gasteiger partial charge on any atom is 0.387 e. The van der Waals surface area contributed by atoms with Crippen LogP contribution in [0, 0.1) is 0 Å². The molecular weight excluding hydrogens is 458 g/mol. The van der Waals surface area contributed by atoms with E-state index in [1.54, 1.807) is 13.8 Å². The van der Waals surface area contributed by atoms with E-state index in [1.165, 1.54) is 40.7 Å². The lowest BCUT2D eigenvalue weighted by atomic mass is 10.1. The van der Waals surface area contributed by atoms with Crippen molar-refractivity contribution in [1.29, 1.82) is 0 Å². The van der Waals surface area contributed by atoms with Gasteiger partial charge >= 0.3 is 6.61 Å². The summed E-state index contributed by atoms with van der Waals surface area (Å²) in [4.78, 5) is 12.8. The van der Waals surface area contributed by atoms with E-state index in [1.807, 2.05) is 0 Å². The zero-order valence-corrected chi connectivity index (χ0v) is 19.2. The fourth-order valence-electron chi connectivity index (χ4n) is 3.44. The van der Waals surface area contributed by atoms with E-state index in [-0.39, 0.29) is 46.6 Å². The van der Waals surface area contributed by atoms with E-state index in [4.69, 9.17) is 9.47 Å². The Morgan fingerprint density at radius 2 is 1.64 bits per heavy atom. The van der Waals surface area contributed by atoms with Gasteiger partial charge in [0.05, 0.1) is 13.2 Å². The minimum atomic E-state index is -3.80. The summed E-state index contributed by atoms with van der Waals surface area (Å²) in [5.74, 6) is -0.569. The van der Waals surface area contributed by atoms with Crippen molar-refractivity contribution in [3.8, 4) is 17.2 Å². The van der Waals surface area contributed by atoms with Crippen LogP contribution in [0.15, 0.2) is 41.3 Å². The van der Waals surface area contributed by atoms with Crippen LogP contribution >= 0.6 is 0 Å². The third-order valence-corrected chi connectivity index (χ3v) is 6.83. The normalized spacial score (nSPS) is 14.3. The van der Waals surface area contributed by atoms with Gasteiger partial charge in [-0.15, -0.1) is 0 Å². The average Bonchev–Trinajstić information content (AvgIpc) is 3.32. The molecule has 0 radical (unpaired) electrons. The molecule has 1 amide bonds. The summed E-state index contributed by atoms with van der Waals surface area (Å²) in [6.07, 6.45) is 1.57. The highest BCUT2D eigenvalue weighted by Crippen LogP contribution is 2.33. The molecule has 0 aliphatic carbocycles. The topological polar surface area (TPSA) is 94.2 Å². The summed E-state index contributed by atoms with van der Waals surface area (Å²) in [5.41, 5.74) is 0.366. The van der Waals surface area contributed by atoms with Gasteiger partial charge in [-0.2, -0.15) is 13.1 Å². The van der Waals surface area contributed by atoms with Crippen LogP contribution in [0.3, 0.4) is 0 Å². The van der Waals surface area contributed by atoms with Gasteiger partial charge in [0.1, 0.15) is 10.6 Å². The quantitative estimate of drug-likeness (QED) is 0.545. The molecule has 0 unspecified atom stereocenters. The van der Waals surface area contributed by atoms with Crippen LogP contribution < -0.4 is 19.5 Å². The monoisotopic (exact) mass is 484 g/mol. The summed E-state index contributed by atoms with van der Waals surface area (Å²) in [6, 6.07) is 8.19. The Kier molecular flexibility index (Phi) is 8.09. The molecular formula is C22H26F2N2O6S. The van der Waals surface area contributed by atoms with Gasteiger partial charge in [0, 0.05) is 24.3 Å². The lowest BCUT2D eigenvalue weighted by Crippen LogP contribution is -2.28. The van der Waals surface area contributed by atoms with Crippen molar-refractivity contribution < 1.29 is 36.2 Å². The number of anilines is 1. The van der Waals surface area contributed by atoms with Crippen molar-refractivity contribution in [2.45, 2.75) is 38.2 Å². The van der Waals surface area contributed by atoms with Gasteiger partial charge in [0.25, 0.3) is 5.91 Å². The Balaban J connectivity index is 1.88. The number of sulfonamides is 1. The second-order valence-electron chi connectivity index (χ2n) is 7.13. The Morgan fingerprint density at radius 1 is 1.00 bits per heavy atom. The van der Waals surface area contributed by atoms with Crippen molar-refractivity contribution >= 4 is 21.6 Å². The van der Waals surface area contributed by atoms with Crippen LogP contribution in [0.1, 0.15) is 37.0 Å². The van der Waals surface area contributed by atoms with Crippen LogP contribution in [0.4, 0.5) is 14.5 Å². The van der Waals surface area contributed by atoms with Gasteiger partial charge in [-0.05, 0) is 63.1 Å². The number of nitrogens with zero attached hydrogens (tertiary/aromatic N) is 1. The lowest BCUT2D eigenvalue weighted by Gasteiger charge is -2.19. The molecule has 2 aromatic rings. The van der Waals surface area contributed by atoms with Crippen molar-refractivity contribution in [3.05, 3.63) is 42.0 Å². The van der Waals surface area contributed by atoms with Crippen LogP contribution in [0.5, 0.6) is 17.2 Å². The predicted molar refractivity (Wildman–Crippen MR) is 118 cm³/mol. The molecule has 0 atom stereocenters. The third kappa shape index (κ3) is 5.91. The summed E-state index contributed by atoms with van der Waals surface area (Å²) in [6.45, 7) is 1.70. The first-order valence-electron chi connectivity index (χ1n) is 10.6. The molecule has 0 spiro atoms. The fourth-order valence-corrected chi connectivity index (χ4v) is 5.12. The molecule has 0 saturated carbocycles. The molecule has 1 heterocycles. The summed E-state index contributed by atoms with van der Waals surface area (Å²) >= 11 is 0. The average molecular weight is 485 g/mol. The van der Waals surface area contributed by atoms with Crippen LogP contribution in [0.2, 0.25) is 0 Å². The molecule has 33 heavy (non-hydrogen) atoms. The number of alkyl halides is 2. The minimum absolute atomic E-state index is 0.00514. The molecule has 1 aliphatic heterocycles. The van der Waals surface area contributed by atoms with Crippen molar-refractivity contribution in [2.75, 3.05) is 31.6 Å². The maximum atomic E-state index is 13.1. The summed E-state index contributed by atoms with van der Waals surface area (Å²) in [5, 5.41) is 2.64. The van der Waals surface area contributed by atoms with Crippen LogP contribution in [-0.2, 0) is 10.0 Å². The fraction of sp³-hybridized carbons (Fsp3) is 0.409. The standard InChI is InChI=1S/C22H26F2N2O6S/c1-3-30-18-10-8-16(14-20(18)33(28,29)26-11-5-6-12-26)25-21(27)15-7-9-17(32-22(23)24)19(13-15)31-4-2/h7-10,13-14,22H,3-6,11-12H2,1-2H3,(H,25,27). The number of ether oxygens (including phenoxy) is 3. The van der Waals surface area contributed by atoms with Gasteiger partial charge in [-0.25, -0.2) is 8.42 Å². The molecule has 2 aromatic carbocycles. The highest BCUT2D eigenvalue weighted by atomic mass is 32.2. The number of rotatable bonds is 10. The highest BCUT2D eigenvalue weighted by Gasteiger charge is 2.30. The smallest absolute Gasteiger partial charge is 0.387 e. The molecule has 0 aromatic heterocycles. The van der Waals surface area contributed by atoms with E-state index in [0.29, 0.717) is 13.1 Å². The van der Waals surface area contributed by atoms with Crippen molar-refractivity contribution in [3.63, 3.8) is 0 Å². The number of amides is 1. The predicted octanol–water partition coefficient (Wildman–Crippen LogP) is 4.12. The zero-order chi connectivity index (χ0) is 24.0. The Hall–Kier alpha value is -2.92. The third-order valence-electron chi connectivity index (χ3n) is 4.91. The number of hydrogen-bond acceptors (Lipinski definition) is 6. The maximum absolute atomic E-state index is 13.1. The van der Waals surface area contributed by atoms with Crippen molar-refractivity contribution in [1.82, 2.24) is 4.31 Å². The molecule has 1 saturated heterocycles. The Morgan fingerprint density at radius 3 is 2.27 bits per heavy atom. The molecule has 180 valence electrons. The molecule has 1 fully saturated rings. The molecule has 1 aliphatic rings. The number of carbonyl (C=O) groups is 1. The number of carbonyl (C=O) groups excluding carboxylic acids is 1. The van der Waals surface area contributed by atoms with Gasteiger partial charge < -0.3 is 19.5 Å². The van der Waals surface area contributed by atoms with E-state index in [9.17, 15) is 22.0 Å².